The van der Waals surface area contributed by atoms with Crippen LogP contribution in [0.4, 0.5) is 0 Å². The zero-order valence-corrected chi connectivity index (χ0v) is 74.4. The number of benzene rings is 10. The molecule has 7 aliphatic heterocycles. The summed E-state index contributed by atoms with van der Waals surface area (Å²) >= 11 is 0. The Morgan fingerprint density at radius 2 is 0.514 bits per heavy atom. The van der Waals surface area contributed by atoms with Crippen LogP contribution in [-0.2, 0) is 6.54 Å². The SMILES string of the molecule is C1=CC2CC1[C@@H](P(c1ccccc1)c1ccccc1)[C@@H]2P(c1ccccc1)c1ccccc1.C[C@@H]1CC[C@@H](C)P1CCP1[C@H](C)CC[C@H]1C.C[C@H]1CC2[C@@H](C)CC1P2c1ccccc1P1C2C[C@H](C)C1C[C@@H]2C.c1ccc(CN2C[C@@H](P(c3ccccc3)c3ccccc3)[C@H](P(c3ccccc3)c3ccccc3)C2)cc1. The Morgan fingerprint density at radius 3 is 0.775 bits per heavy atom. The van der Waals surface area contributed by atoms with E-state index in [1.54, 1.807) is 12.3 Å². The van der Waals surface area contributed by atoms with Crippen LogP contribution in [0.1, 0.15) is 119 Å². The molecule has 9 aliphatic rings. The highest BCUT2D eigenvalue weighted by atomic mass is 31.1. The summed E-state index contributed by atoms with van der Waals surface area (Å²) < 4.78 is 0. The van der Waals surface area contributed by atoms with E-state index in [2.05, 4.69) is 370 Å². The second-order valence-corrected chi connectivity index (χ2v) is 55.7. The van der Waals surface area contributed by atoms with Crippen molar-refractivity contribution in [2.45, 2.75) is 188 Å². The molecule has 6 unspecified atom stereocenters. The second kappa shape index (κ2) is 37.7. The summed E-state index contributed by atoms with van der Waals surface area (Å²) in [5.41, 5.74) is 12.3. The van der Waals surface area contributed by atoms with Crippen molar-refractivity contribution in [1.29, 1.82) is 0 Å². The maximum atomic E-state index is 2.73. The summed E-state index contributed by atoms with van der Waals surface area (Å²) in [6, 6.07) is 112. The van der Waals surface area contributed by atoms with Gasteiger partial charge in [0.25, 0.3) is 0 Å². The van der Waals surface area contributed by atoms with Crippen molar-refractivity contribution in [3.63, 3.8) is 0 Å². The summed E-state index contributed by atoms with van der Waals surface area (Å²) in [5.74, 6) is 5.27. The largest absolute Gasteiger partial charge is 0.298 e. The van der Waals surface area contributed by atoms with Crippen molar-refractivity contribution in [2.24, 2.45) is 35.5 Å². The van der Waals surface area contributed by atoms with Crippen LogP contribution in [-0.4, -0.2) is 98.2 Å². The number of rotatable bonds is 19. The molecular formula is C102H121NP8. The van der Waals surface area contributed by atoms with Crippen LogP contribution >= 0.6 is 63.4 Å². The van der Waals surface area contributed by atoms with Gasteiger partial charge in [0.1, 0.15) is 0 Å². The molecular weight excluding hydrogens is 1490 g/mol. The summed E-state index contributed by atoms with van der Waals surface area (Å²) in [7, 11) is -0.962. The number of fused-ring (bicyclic) bond motifs is 6. The van der Waals surface area contributed by atoms with Crippen molar-refractivity contribution >= 4 is 116 Å². The standard InChI is InChI=1S/C35H33NP2.C31H28P2.C22H32P2.C14H28P2/c1-6-16-29(17-7-1)26-36-27-34(37(30-18-8-2-9-19-30)31-20-10-3-11-21-31)35(28-36)38(32-22-12-4-13-23-32)33-24-14-5-15-25-33;1-5-13-26(14-6-1)32(27-15-7-2-8-16-27)30-24-21-22-25(23-24)31(30)33(28-17-9-3-10-18-28)29-19-11-4-12-20-29;1-13-9-20-14(2)10-19(13)23(20)17-7-5-6-8-18(17)24-21-12-16(4)22(24)11-15(21)3;1-11-5-6-12(2)15(11)9-10-16-13(3)7-8-14(16)4/h1-25,34-35H,26-28H2;1-22,24-25,30-31H,23H2;5-8,13-16,19-22H,9-12H2,1-4H3;11-14H,5-10H2,1-4H3/t34-,35-;24?,25?,30-,31-;13-,14-,15-,16-,19?,20?,21?,22?,23?,24?;11-,12-,13-,14-/m1101/s1. The Bertz CT molecular complexity index is 4050. The molecule has 10 aromatic rings. The Morgan fingerprint density at radius 1 is 0.279 bits per heavy atom. The Kier molecular flexibility index (Phi) is 27.2. The number of hydrogen-bond donors (Lipinski definition) is 0. The first-order valence-electron chi connectivity index (χ1n) is 42.6. The molecule has 111 heavy (non-hydrogen) atoms. The quantitative estimate of drug-likeness (QED) is 0.0576. The summed E-state index contributed by atoms with van der Waals surface area (Å²) in [6.07, 6.45) is 21.8. The van der Waals surface area contributed by atoms with E-state index >= 15 is 0 Å². The molecule has 2 aliphatic carbocycles. The molecule has 574 valence electrons. The van der Waals surface area contributed by atoms with E-state index < -0.39 is 31.7 Å². The van der Waals surface area contributed by atoms with E-state index in [4.69, 9.17) is 0 Å². The van der Waals surface area contributed by atoms with E-state index in [0.29, 0.717) is 50.3 Å². The van der Waals surface area contributed by atoms with Crippen molar-refractivity contribution in [3.8, 4) is 0 Å². The van der Waals surface area contributed by atoms with Gasteiger partial charge in [-0.25, -0.2) is 0 Å². The van der Waals surface area contributed by atoms with Crippen LogP contribution < -0.4 is 53.0 Å². The van der Waals surface area contributed by atoms with Gasteiger partial charge < -0.3 is 0 Å². The van der Waals surface area contributed by atoms with Gasteiger partial charge in [0.2, 0.25) is 0 Å². The molecule has 9 heteroatoms. The third kappa shape index (κ3) is 18.0. The fourth-order valence-corrected chi connectivity index (χ4v) is 52.0. The molecule has 8 fully saturated rings. The molecule has 0 spiro atoms. The molecule has 0 N–H and O–H groups in total. The molecule has 7 saturated heterocycles. The summed E-state index contributed by atoms with van der Waals surface area (Å²) in [6.45, 7) is 23.5. The number of likely N-dealkylation sites (tertiary alicyclic amines) is 1. The molecule has 7 heterocycles. The van der Waals surface area contributed by atoms with Crippen LogP contribution in [0.5, 0.6) is 0 Å². The van der Waals surface area contributed by atoms with Gasteiger partial charge in [-0.1, -0.05) is 381 Å². The average molecular weight is 1610 g/mol. The minimum absolute atomic E-state index is 0.110. The first-order valence-corrected chi connectivity index (χ1v) is 54.5. The van der Waals surface area contributed by atoms with E-state index in [9.17, 15) is 0 Å². The zero-order chi connectivity index (χ0) is 75.9. The maximum Gasteiger partial charge on any atom is 0.0234 e. The second-order valence-electron chi connectivity index (χ2n) is 34.4. The smallest absolute Gasteiger partial charge is 0.0234 e. The first-order chi connectivity index (χ1) is 54.4. The predicted molar refractivity (Wildman–Crippen MR) is 504 cm³/mol. The molecule has 0 radical (unpaired) electrons. The van der Waals surface area contributed by atoms with Gasteiger partial charge in [0.15, 0.2) is 0 Å². The molecule has 6 bridgehead atoms. The van der Waals surface area contributed by atoms with Gasteiger partial charge in [-0.2, -0.15) is 0 Å². The molecule has 1 nitrogen and oxygen atoms in total. The topological polar surface area (TPSA) is 3.24 Å². The van der Waals surface area contributed by atoms with Gasteiger partial charge in [0.05, 0.1) is 0 Å². The van der Waals surface area contributed by atoms with Gasteiger partial charge in [-0.05, 0) is 241 Å². The van der Waals surface area contributed by atoms with Gasteiger partial charge in [-0.15, -0.1) is 15.8 Å². The fraction of sp³-hybridized carbons (Fsp3) is 0.392. The third-order valence-corrected chi connectivity index (χ3v) is 54.8. The zero-order valence-electron chi connectivity index (χ0n) is 67.3. The van der Waals surface area contributed by atoms with E-state index in [0.717, 1.165) is 88.6 Å². The maximum absolute atomic E-state index is 2.73. The fourth-order valence-electron chi connectivity index (χ4n) is 21.9. The lowest BCUT2D eigenvalue weighted by Gasteiger charge is -2.40. The van der Waals surface area contributed by atoms with Gasteiger partial charge in [0, 0.05) is 42.3 Å². The summed E-state index contributed by atoms with van der Waals surface area (Å²) in [4.78, 5) is 2.73. The summed E-state index contributed by atoms with van der Waals surface area (Å²) in [5, 5.41) is 15.8. The third-order valence-electron chi connectivity index (χ3n) is 27.3. The Hall–Kier alpha value is -4.66. The number of hydrogen-bond acceptors (Lipinski definition) is 1. The van der Waals surface area contributed by atoms with Crippen molar-refractivity contribution < 1.29 is 0 Å². The lowest BCUT2D eigenvalue weighted by Crippen LogP contribution is -2.37. The Balaban J connectivity index is 0.000000117. The van der Waals surface area contributed by atoms with E-state index in [1.807, 2.05) is 10.6 Å². The lowest BCUT2D eigenvalue weighted by atomic mass is 9.84. The highest BCUT2D eigenvalue weighted by molar-refractivity contribution is 7.78. The average Bonchev–Trinajstić information content (AvgIpc) is 1.59. The van der Waals surface area contributed by atoms with Crippen LogP contribution in [0, 0.1) is 35.5 Å². The molecule has 1 saturated carbocycles. The first kappa shape index (κ1) is 80.1. The number of nitrogens with zero attached hydrogens (tertiary/aromatic N) is 1. The van der Waals surface area contributed by atoms with Gasteiger partial charge >= 0.3 is 0 Å². The minimum atomic E-state index is -0.531. The highest BCUT2D eigenvalue weighted by Gasteiger charge is 2.56. The van der Waals surface area contributed by atoms with E-state index in [-0.39, 0.29) is 15.8 Å². The van der Waals surface area contributed by atoms with Crippen LogP contribution in [0.25, 0.3) is 0 Å². The number of allylic oxidation sites excluding steroid dienone is 2. The molecule has 18 atom stereocenters. The highest BCUT2D eigenvalue weighted by Crippen LogP contribution is 2.72. The normalized spacial score (nSPS) is 30.4. The van der Waals surface area contributed by atoms with Gasteiger partial charge in [-0.3, -0.25) is 4.90 Å². The Labute approximate surface area is 679 Å². The van der Waals surface area contributed by atoms with Crippen molar-refractivity contribution in [3.05, 3.63) is 315 Å². The van der Waals surface area contributed by atoms with Crippen LogP contribution in [0.3, 0.4) is 0 Å². The lowest BCUT2D eigenvalue weighted by molar-refractivity contribution is 0.333. The molecule has 19 rings (SSSR count). The monoisotopic (exact) mass is 1610 g/mol. The van der Waals surface area contributed by atoms with Crippen LogP contribution in [0.2, 0.25) is 0 Å². The van der Waals surface area contributed by atoms with Crippen molar-refractivity contribution in [1.82, 2.24) is 4.90 Å². The molecule has 0 amide bonds. The minimum Gasteiger partial charge on any atom is -0.298 e. The van der Waals surface area contributed by atoms with Crippen molar-refractivity contribution in [2.75, 3.05) is 25.4 Å². The molecule has 0 aromatic heterocycles. The van der Waals surface area contributed by atoms with E-state index in [1.165, 1.54) is 106 Å². The predicted octanol–water partition coefficient (Wildman–Crippen LogP) is 23.3. The molecule has 10 aromatic carbocycles. The van der Waals surface area contributed by atoms with Crippen LogP contribution in [0.15, 0.2) is 309 Å².